The minimum absolute atomic E-state index is 0.419. The molecule has 1 aromatic carbocycles. The summed E-state index contributed by atoms with van der Waals surface area (Å²) in [5.74, 6) is 0. The Bertz CT molecular complexity index is 554. The molecule has 1 aromatic rings. The summed E-state index contributed by atoms with van der Waals surface area (Å²) in [4.78, 5) is 2.10. The van der Waals surface area contributed by atoms with Crippen molar-refractivity contribution in [2.75, 3.05) is 37.3 Å². The van der Waals surface area contributed by atoms with Crippen LogP contribution in [0.2, 0.25) is 5.02 Å². The molecule has 2 rings (SSSR count). The average molecular weight is 304 g/mol. The van der Waals surface area contributed by atoms with E-state index in [9.17, 15) is 8.42 Å². The molecule has 0 amide bonds. The Morgan fingerprint density at radius 2 is 1.89 bits per heavy atom. The van der Waals surface area contributed by atoms with E-state index in [1.165, 1.54) is 10.6 Å². The highest BCUT2D eigenvalue weighted by Crippen LogP contribution is 2.30. The van der Waals surface area contributed by atoms with Crippen LogP contribution < -0.4 is 10.6 Å². The lowest BCUT2D eigenvalue weighted by molar-refractivity contribution is 0.388. The van der Waals surface area contributed by atoms with Crippen LogP contribution in [0.5, 0.6) is 0 Å². The van der Waals surface area contributed by atoms with Gasteiger partial charge >= 0.3 is 0 Å². The first kappa shape index (κ1) is 14.6. The van der Waals surface area contributed by atoms with Gasteiger partial charge in [0, 0.05) is 32.7 Å². The number of nitrogens with zero attached hydrogens (tertiary/aromatic N) is 2. The topological polar surface area (TPSA) is 66.6 Å². The number of anilines is 1. The maximum absolute atomic E-state index is 11.5. The molecule has 0 aromatic heterocycles. The minimum Gasteiger partial charge on any atom is -0.367 e. The van der Waals surface area contributed by atoms with Crippen molar-refractivity contribution in [1.29, 1.82) is 0 Å². The molecule has 1 aliphatic rings. The number of hydrogen-bond acceptors (Lipinski definition) is 4. The molecule has 0 unspecified atom stereocenters. The number of halogens is 1. The maximum atomic E-state index is 11.5. The highest BCUT2D eigenvalue weighted by atomic mass is 35.5. The summed E-state index contributed by atoms with van der Waals surface area (Å²) in [6.07, 6.45) is 1.24. The molecule has 1 heterocycles. The van der Waals surface area contributed by atoms with Gasteiger partial charge in [-0.3, -0.25) is 0 Å². The van der Waals surface area contributed by atoms with Gasteiger partial charge in [-0.1, -0.05) is 23.7 Å². The predicted molar refractivity (Wildman–Crippen MR) is 78.0 cm³/mol. The van der Waals surface area contributed by atoms with Gasteiger partial charge in [0.25, 0.3) is 0 Å². The van der Waals surface area contributed by atoms with Crippen molar-refractivity contribution in [3.05, 3.63) is 28.8 Å². The SMILES string of the molecule is CS(=O)(=O)N1CCN(c2c(Cl)cccc2CN)CC1. The Kier molecular flexibility index (Phi) is 4.35. The maximum Gasteiger partial charge on any atom is 0.211 e. The molecular weight excluding hydrogens is 286 g/mol. The van der Waals surface area contributed by atoms with Crippen LogP contribution in [0.3, 0.4) is 0 Å². The molecule has 0 atom stereocenters. The van der Waals surface area contributed by atoms with Gasteiger partial charge in [0.15, 0.2) is 0 Å². The van der Waals surface area contributed by atoms with Gasteiger partial charge in [0.2, 0.25) is 10.0 Å². The molecule has 0 aliphatic carbocycles. The van der Waals surface area contributed by atoms with Crippen LogP contribution in [0.15, 0.2) is 18.2 Å². The lowest BCUT2D eigenvalue weighted by Gasteiger charge is -2.36. The van der Waals surface area contributed by atoms with E-state index < -0.39 is 10.0 Å². The molecule has 1 aliphatic heterocycles. The molecular formula is C12H18ClN3O2S. The van der Waals surface area contributed by atoms with Crippen molar-refractivity contribution in [3.8, 4) is 0 Å². The third-order valence-corrected chi connectivity index (χ3v) is 4.92. The standard InChI is InChI=1S/C12H18ClN3O2S/c1-19(17,18)16-7-5-15(6-8-16)12-10(9-14)3-2-4-11(12)13/h2-4H,5-9,14H2,1H3. The van der Waals surface area contributed by atoms with Crippen molar-refractivity contribution >= 4 is 27.3 Å². The molecule has 5 nitrogen and oxygen atoms in total. The van der Waals surface area contributed by atoms with E-state index in [2.05, 4.69) is 4.90 Å². The Hall–Kier alpha value is -0.820. The minimum atomic E-state index is -3.11. The third-order valence-electron chi connectivity index (χ3n) is 3.31. The lowest BCUT2D eigenvalue weighted by atomic mass is 10.1. The second-order valence-electron chi connectivity index (χ2n) is 4.60. The zero-order chi connectivity index (χ0) is 14.0. The quantitative estimate of drug-likeness (QED) is 0.900. The second kappa shape index (κ2) is 5.66. The smallest absolute Gasteiger partial charge is 0.211 e. The van der Waals surface area contributed by atoms with E-state index in [1.54, 1.807) is 0 Å². The predicted octanol–water partition coefficient (Wildman–Crippen LogP) is 0.880. The molecule has 106 valence electrons. The molecule has 0 spiro atoms. The van der Waals surface area contributed by atoms with Gasteiger partial charge in [-0.15, -0.1) is 0 Å². The largest absolute Gasteiger partial charge is 0.367 e. The van der Waals surface area contributed by atoms with E-state index in [-0.39, 0.29) is 0 Å². The fraction of sp³-hybridized carbons (Fsp3) is 0.500. The van der Waals surface area contributed by atoms with Gasteiger partial charge in [-0.05, 0) is 11.6 Å². The summed E-state index contributed by atoms with van der Waals surface area (Å²) >= 11 is 6.24. The molecule has 0 bridgehead atoms. The molecule has 0 saturated carbocycles. The number of rotatable bonds is 3. The average Bonchev–Trinajstić information content (AvgIpc) is 2.37. The Labute approximate surface area is 119 Å². The molecule has 1 fully saturated rings. The van der Waals surface area contributed by atoms with Crippen LogP contribution in [0.25, 0.3) is 0 Å². The molecule has 1 saturated heterocycles. The molecule has 0 radical (unpaired) electrons. The highest BCUT2D eigenvalue weighted by molar-refractivity contribution is 7.88. The van der Waals surface area contributed by atoms with Crippen molar-refractivity contribution in [2.24, 2.45) is 5.73 Å². The first-order chi connectivity index (χ1) is 8.93. The van der Waals surface area contributed by atoms with Crippen molar-refractivity contribution in [3.63, 3.8) is 0 Å². The van der Waals surface area contributed by atoms with Gasteiger partial charge in [-0.2, -0.15) is 4.31 Å². The number of sulfonamides is 1. The van der Waals surface area contributed by atoms with Crippen LogP contribution in [-0.4, -0.2) is 45.2 Å². The van der Waals surface area contributed by atoms with E-state index in [0.29, 0.717) is 37.7 Å². The van der Waals surface area contributed by atoms with Gasteiger partial charge in [0.1, 0.15) is 0 Å². The summed E-state index contributed by atoms with van der Waals surface area (Å²) in [5, 5.41) is 0.663. The van der Waals surface area contributed by atoms with Crippen LogP contribution in [0, 0.1) is 0 Å². The van der Waals surface area contributed by atoms with Crippen molar-refractivity contribution in [2.45, 2.75) is 6.54 Å². The van der Waals surface area contributed by atoms with Gasteiger partial charge < -0.3 is 10.6 Å². The van der Waals surface area contributed by atoms with E-state index >= 15 is 0 Å². The van der Waals surface area contributed by atoms with Crippen molar-refractivity contribution in [1.82, 2.24) is 4.31 Å². The molecule has 19 heavy (non-hydrogen) atoms. The number of para-hydroxylation sites is 1. The van der Waals surface area contributed by atoms with Crippen LogP contribution in [-0.2, 0) is 16.6 Å². The summed E-state index contributed by atoms with van der Waals surface area (Å²) in [5.41, 5.74) is 7.65. The van der Waals surface area contributed by atoms with E-state index in [1.807, 2.05) is 18.2 Å². The van der Waals surface area contributed by atoms with Gasteiger partial charge in [-0.25, -0.2) is 8.42 Å². The first-order valence-corrected chi connectivity index (χ1v) is 8.33. The fourth-order valence-electron chi connectivity index (χ4n) is 2.32. The fourth-order valence-corrected chi connectivity index (χ4v) is 3.46. The Morgan fingerprint density at radius 3 is 2.42 bits per heavy atom. The number of benzene rings is 1. The van der Waals surface area contributed by atoms with Crippen LogP contribution in [0.1, 0.15) is 5.56 Å². The number of piperazine rings is 1. The monoisotopic (exact) mass is 303 g/mol. The van der Waals surface area contributed by atoms with Crippen LogP contribution in [0.4, 0.5) is 5.69 Å². The van der Waals surface area contributed by atoms with Crippen molar-refractivity contribution < 1.29 is 8.42 Å². The summed E-state index contributed by atoms with van der Waals surface area (Å²) < 4.78 is 24.5. The molecule has 7 heteroatoms. The summed E-state index contributed by atoms with van der Waals surface area (Å²) in [6.45, 7) is 2.64. The summed E-state index contributed by atoms with van der Waals surface area (Å²) in [6, 6.07) is 5.66. The van der Waals surface area contributed by atoms with Crippen LogP contribution >= 0.6 is 11.6 Å². The Balaban J connectivity index is 2.18. The zero-order valence-electron chi connectivity index (χ0n) is 10.8. The van der Waals surface area contributed by atoms with E-state index in [0.717, 1.165) is 11.3 Å². The third kappa shape index (κ3) is 3.20. The lowest BCUT2D eigenvalue weighted by Crippen LogP contribution is -2.48. The second-order valence-corrected chi connectivity index (χ2v) is 6.99. The normalized spacial score (nSPS) is 17.7. The summed E-state index contributed by atoms with van der Waals surface area (Å²) in [7, 11) is -3.11. The first-order valence-electron chi connectivity index (χ1n) is 6.11. The molecule has 2 N–H and O–H groups in total. The zero-order valence-corrected chi connectivity index (χ0v) is 12.4. The van der Waals surface area contributed by atoms with Gasteiger partial charge in [0.05, 0.1) is 17.0 Å². The van der Waals surface area contributed by atoms with E-state index in [4.69, 9.17) is 17.3 Å². The number of hydrogen-bond donors (Lipinski definition) is 1. The number of nitrogens with two attached hydrogens (primary N) is 1. The Morgan fingerprint density at radius 1 is 1.26 bits per heavy atom. The highest BCUT2D eigenvalue weighted by Gasteiger charge is 2.25.